The van der Waals surface area contributed by atoms with Crippen LogP contribution in [0.3, 0.4) is 0 Å². The number of hydrogen-bond acceptors (Lipinski definition) is 1. The largest absolute Gasteiger partial charge is 0.457 e. The maximum Gasteiger partial charge on any atom is 0.457 e. The van der Waals surface area contributed by atoms with Crippen molar-refractivity contribution in [1.29, 1.82) is 0 Å². The summed E-state index contributed by atoms with van der Waals surface area (Å²) in [6, 6.07) is 0. The lowest BCUT2D eigenvalue weighted by Crippen LogP contribution is -2.26. The first-order chi connectivity index (χ1) is 7.83. The van der Waals surface area contributed by atoms with Crippen LogP contribution in [0.2, 0.25) is 0 Å². The maximum absolute atomic E-state index is 11.9. The lowest BCUT2D eigenvalue weighted by atomic mass is 9.93. The summed E-state index contributed by atoms with van der Waals surface area (Å²) in [5.41, 5.74) is -1.48. The molecule has 0 saturated carbocycles. The van der Waals surface area contributed by atoms with Crippen LogP contribution in [0.4, 0.5) is 13.2 Å². The third-order valence-corrected chi connectivity index (χ3v) is 2.72. The number of unbranched alkanes of at least 4 members (excludes halogenated alkanes) is 4. The molecular weight excluding hydrogens is 229 g/mol. The molecule has 17 heavy (non-hydrogen) atoms. The fourth-order valence-corrected chi connectivity index (χ4v) is 1.54. The number of rotatable bonds is 7. The Morgan fingerprint density at radius 1 is 0.941 bits per heavy atom. The van der Waals surface area contributed by atoms with Crippen molar-refractivity contribution >= 4 is 0 Å². The zero-order valence-electron chi connectivity index (χ0n) is 10.5. The Kier molecular flexibility index (Phi) is 7.29. The zero-order valence-corrected chi connectivity index (χ0v) is 10.5. The van der Waals surface area contributed by atoms with E-state index in [9.17, 15) is 18.3 Å². The summed E-state index contributed by atoms with van der Waals surface area (Å²) in [7, 11) is 0. The van der Waals surface area contributed by atoms with E-state index in [0.29, 0.717) is 6.42 Å². The Hall–Kier alpha value is -0.690. The molecule has 0 fully saturated rings. The summed E-state index contributed by atoms with van der Waals surface area (Å²) in [6.45, 7) is 3.74. The normalized spacial score (nSPS) is 14.9. The number of alkyl halides is 3. The average Bonchev–Trinajstić information content (AvgIpc) is 2.25. The molecule has 4 heteroatoms. The summed E-state index contributed by atoms with van der Waals surface area (Å²) >= 11 is 0. The summed E-state index contributed by atoms with van der Waals surface area (Å²) in [5.74, 6) is 3.12. The van der Waals surface area contributed by atoms with Crippen LogP contribution in [-0.2, 0) is 0 Å². The van der Waals surface area contributed by atoms with Gasteiger partial charge >= 0.3 is 6.18 Å². The average molecular weight is 250 g/mol. The van der Waals surface area contributed by atoms with Crippen molar-refractivity contribution in [1.82, 2.24) is 0 Å². The molecule has 0 amide bonds. The van der Waals surface area contributed by atoms with E-state index in [1.807, 2.05) is 5.92 Å². The minimum atomic E-state index is -4.52. The molecule has 0 heterocycles. The second-order valence-electron chi connectivity index (χ2n) is 4.30. The van der Waals surface area contributed by atoms with Crippen LogP contribution < -0.4 is 0 Å². The van der Waals surface area contributed by atoms with Gasteiger partial charge in [0, 0.05) is 5.92 Å². The molecule has 1 atom stereocenters. The Morgan fingerprint density at radius 2 is 1.53 bits per heavy atom. The van der Waals surface area contributed by atoms with Crippen LogP contribution in [-0.4, -0.2) is 16.9 Å². The van der Waals surface area contributed by atoms with Crippen molar-refractivity contribution in [3.63, 3.8) is 0 Å². The van der Waals surface area contributed by atoms with Crippen LogP contribution in [0.1, 0.15) is 58.8 Å². The third kappa shape index (κ3) is 9.05. The first-order valence-electron chi connectivity index (χ1n) is 6.16. The van der Waals surface area contributed by atoms with Gasteiger partial charge in [-0.05, 0) is 19.3 Å². The minimum absolute atomic E-state index is 0.226. The molecule has 0 spiro atoms. The molecule has 0 aromatic carbocycles. The van der Waals surface area contributed by atoms with Crippen molar-refractivity contribution in [2.75, 3.05) is 0 Å². The first kappa shape index (κ1) is 16.3. The van der Waals surface area contributed by atoms with Gasteiger partial charge in [-0.1, -0.05) is 45.5 Å². The second kappa shape index (κ2) is 7.60. The van der Waals surface area contributed by atoms with E-state index < -0.39 is 11.8 Å². The topological polar surface area (TPSA) is 20.2 Å². The van der Waals surface area contributed by atoms with Gasteiger partial charge in [-0.3, -0.25) is 0 Å². The molecule has 100 valence electrons. The predicted molar refractivity (Wildman–Crippen MR) is 62.4 cm³/mol. The quantitative estimate of drug-likeness (QED) is 0.533. The Bertz CT molecular complexity index is 262. The van der Waals surface area contributed by atoms with Crippen molar-refractivity contribution in [2.24, 2.45) is 0 Å². The van der Waals surface area contributed by atoms with Crippen molar-refractivity contribution in [2.45, 2.75) is 70.6 Å². The van der Waals surface area contributed by atoms with Crippen molar-refractivity contribution in [3.8, 4) is 11.8 Å². The Labute approximate surface area is 101 Å². The molecule has 0 rings (SSSR count). The van der Waals surface area contributed by atoms with E-state index in [0.717, 1.165) is 32.1 Å². The van der Waals surface area contributed by atoms with Crippen molar-refractivity contribution in [3.05, 3.63) is 0 Å². The fraction of sp³-hybridized carbons (Fsp3) is 0.846. The van der Waals surface area contributed by atoms with Gasteiger partial charge in [-0.2, -0.15) is 13.2 Å². The molecule has 0 radical (unpaired) electrons. The first-order valence-corrected chi connectivity index (χ1v) is 6.16. The van der Waals surface area contributed by atoms with Gasteiger partial charge in [-0.25, -0.2) is 0 Å². The van der Waals surface area contributed by atoms with Crippen molar-refractivity contribution < 1.29 is 18.3 Å². The molecule has 0 aliphatic rings. The van der Waals surface area contributed by atoms with Gasteiger partial charge in [0.05, 0.1) is 0 Å². The molecular formula is C13H21F3O. The van der Waals surface area contributed by atoms with Crippen LogP contribution in [0.5, 0.6) is 0 Å². The Balaban J connectivity index is 4.14. The molecule has 1 N–H and O–H groups in total. The van der Waals surface area contributed by atoms with E-state index in [-0.39, 0.29) is 6.42 Å². The summed E-state index contributed by atoms with van der Waals surface area (Å²) in [6.07, 6.45) is 0.972. The zero-order chi connectivity index (χ0) is 13.4. The van der Waals surface area contributed by atoms with Gasteiger partial charge in [0.15, 0.2) is 0 Å². The standard InChI is InChI=1S/C13H21F3O/c1-3-5-6-7-8-9-12(17,4-2)10-11-13(14,15)16/h17H,3-9H2,1-2H3. The molecule has 0 saturated heterocycles. The molecule has 1 unspecified atom stereocenters. The van der Waals surface area contributed by atoms with E-state index >= 15 is 0 Å². The molecule has 0 aromatic heterocycles. The second-order valence-corrected chi connectivity index (χ2v) is 4.30. The lowest BCUT2D eigenvalue weighted by Gasteiger charge is -2.20. The SMILES string of the molecule is CCCCCCCC(O)(C#CC(F)(F)F)CC. The maximum atomic E-state index is 11.9. The van der Waals surface area contributed by atoms with Gasteiger partial charge in [0.1, 0.15) is 5.60 Å². The lowest BCUT2D eigenvalue weighted by molar-refractivity contribution is -0.0704. The fourth-order valence-electron chi connectivity index (χ4n) is 1.54. The highest BCUT2D eigenvalue weighted by Gasteiger charge is 2.27. The molecule has 1 nitrogen and oxygen atoms in total. The number of hydrogen-bond donors (Lipinski definition) is 1. The third-order valence-electron chi connectivity index (χ3n) is 2.72. The molecule has 0 bridgehead atoms. The van der Waals surface area contributed by atoms with Gasteiger partial charge < -0.3 is 5.11 Å². The summed E-state index contributed by atoms with van der Waals surface area (Å²) < 4.78 is 35.8. The van der Waals surface area contributed by atoms with E-state index in [4.69, 9.17) is 0 Å². The predicted octanol–water partition coefficient (Wildman–Crippen LogP) is 4.05. The number of aliphatic hydroxyl groups is 1. The number of halogens is 3. The van der Waals surface area contributed by atoms with Crippen LogP contribution in [0, 0.1) is 11.8 Å². The summed E-state index contributed by atoms with van der Waals surface area (Å²) in [5, 5.41) is 9.87. The van der Waals surface area contributed by atoms with Gasteiger partial charge in [0.25, 0.3) is 0 Å². The summed E-state index contributed by atoms with van der Waals surface area (Å²) in [4.78, 5) is 0. The smallest absolute Gasteiger partial charge is 0.378 e. The van der Waals surface area contributed by atoms with Crippen LogP contribution in [0.15, 0.2) is 0 Å². The monoisotopic (exact) mass is 250 g/mol. The van der Waals surface area contributed by atoms with E-state index in [1.165, 1.54) is 5.92 Å². The van der Waals surface area contributed by atoms with Crippen LogP contribution in [0.25, 0.3) is 0 Å². The minimum Gasteiger partial charge on any atom is -0.378 e. The van der Waals surface area contributed by atoms with E-state index in [2.05, 4.69) is 6.92 Å². The highest BCUT2D eigenvalue weighted by atomic mass is 19.4. The molecule has 0 aliphatic heterocycles. The highest BCUT2D eigenvalue weighted by Crippen LogP contribution is 2.20. The molecule has 0 aromatic rings. The Morgan fingerprint density at radius 3 is 2.00 bits per heavy atom. The van der Waals surface area contributed by atoms with Gasteiger partial charge in [0.2, 0.25) is 0 Å². The van der Waals surface area contributed by atoms with E-state index in [1.54, 1.807) is 6.92 Å². The van der Waals surface area contributed by atoms with Gasteiger partial charge in [-0.15, -0.1) is 0 Å². The highest BCUT2D eigenvalue weighted by molar-refractivity contribution is 5.16. The van der Waals surface area contributed by atoms with Crippen LogP contribution >= 0.6 is 0 Å². The molecule has 0 aliphatic carbocycles.